The normalized spacial score (nSPS) is 20.4. The maximum Gasteiger partial charge on any atom is 0.146 e. The van der Waals surface area contributed by atoms with Crippen molar-refractivity contribution in [3.05, 3.63) is 29.6 Å². The van der Waals surface area contributed by atoms with Gasteiger partial charge in [-0.2, -0.15) is 0 Å². The van der Waals surface area contributed by atoms with Gasteiger partial charge in [-0.05, 0) is 37.6 Å². The van der Waals surface area contributed by atoms with Crippen LogP contribution in [0.4, 0.5) is 10.1 Å². The van der Waals surface area contributed by atoms with Gasteiger partial charge in [-0.1, -0.05) is 18.9 Å². The molecular weight excluding hydrogens is 243 g/mol. The Morgan fingerprint density at radius 1 is 1.37 bits per heavy atom. The van der Waals surface area contributed by atoms with Crippen LogP contribution < -0.4 is 10.2 Å². The number of nitrogens with zero attached hydrogens (tertiary/aromatic N) is 1. The Morgan fingerprint density at radius 2 is 2.21 bits per heavy atom. The second-order valence-corrected chi connectivity index (χ2v) is 5.20. The SMILES string of the molecule is CNCc1ccc(N2CCCCCC2CO)c(F)c1. The maximum atomic E-state index is 14.2. The van der Waals surface area contributed by atoms with Gasteiger partial charge in [-0.25, -0.2) is 4.39 Å². The van der Waals surface area contributed by atoms with Crippen molar-refractivity contribution in [3.8, 4) is 0 Å². The minimum atomic E-state index is -0.187. The Hall–Kier alpha value is -1.13. The second kappa shape index (κ2) is 6.87. The molecule has 1 aromatic rings. The summed E-state index contributed by atoms with van der Waals surface area (Å²) in [4.78, 5) is 2.03. The Labute approximate surface area is 114 Å². The van der Waals surface area contributed by atoms with Crippen LogP contribution in [-0.4, -0.2) is 31.3 Å². The summed E-state index contributed by atoms with van der Waals surface area (Å²) in [5.74, 6) is -0.187. The fourth-order valence-corrected chi connectivity index (χ4v) is 2.78. The molecule has 3 nitrogen and oxygen atoms in total. The number of aliphatic hydroxyl groups excluding tert-OH is 1. The van der Waals surface area contributed by atoms with Gasteiger partial charge in [0.1, 0.15) is 5.82 Å². The molecule has 0 aromatic heterocycles. The molecule has 1 unspecified atom stereocenters. The molecule has 0 radical (unpaired) electrons. The first-order valence-corrected chi connectivity index (χ1v) is 7.06. The van der Waals surface area contributed by atoms with Crippen molar-refractivity contribution < 1.29 is 9.50 Å². The van der Waals surface area contributed by atoms with E-state index in [1.54, 1.807) is 6.07 Å². The quantitative estimate of drug-likeness (QED) is 0.877. The zero-order valence-corrected chi connectivity index (χ0v) is 11.5. The van der Waals surface area contributed by atoms with Gasteiger partial charge in [-0.3, -0.25) is 0 Å². The van der Waals surface area contributed by atoms with Crippen LogP contribution in [-0.2, 0) is 6.54 Å². The molecule has 1 aromatic carbocycles. The minimum Gasteiger partial charge on any atom is -0.394 e. The van der Waals surface area contributed by atoms with E-state index in [9.17, 15) is 9.50 Å². The highest BCUT2D eigenvalue weighted by Crippen LogP contribution is 2.27. The van der Waals surface area contributed by atoms with Crippen LogP contribution in [0.1, 0.15) is 31.2 Å². The average Bonchev–Trinajstić information content (AvgIpc) is 2.64. The van der Waals surface area contributed by atoms with Crippen molar-refractivity contribution >= 4 is 5.69 Å². The van der Waals surface area contributed by atoms with Crippen LogP contribution in [0.25, 0.3) is 0 Å². The molecule has 2 N–H and O–H groups in total. The van der Waals surface area contributed by atoms with Crippen LogP contribution in [0, 0.1) is 5.82 Å². The van der Waals surface area contributed by atoms with Crippen molar-refractivity contribution in [2.24, 2.45) is 0 Å². The first kappa shape index (κ1) is 14.3. The fraction of sp³-hybridized carbons (Fsp3) is 0.600. The molecule has 4 heteroatoms. The van der Waals surface area contributed by atoms with Crippen LogP contribution in [0.15, 0.2) is 18.2 Å². The zero-order chi connectivity index (χ0) is 13.7. The lowest BCUT2D eigenvalue weighted by molar-refractivity contribution is 0.254. The first-order chi connectivity index (χ1) is 9.26. The third-order valence-electron chi connectivity index (χ3n) is 3.79. The molecule has 0 spiro atoms. The average molecular weight is 266 g/mol. The molecule has 0 aliphatic carbocycles. The molecule has 0 amide bonds. The molecule has 2 rings (SSSR count). The van der Waals surface area contributed by atoms with Crippen LogP contribution in [0.3, 0.4) is 0 Å². The van der Waals surface area contributed by atoms with Crippen molar-refractivity contribution in [2.45, 2.75) is 38.3 Å². The lowest BCUT2D eigenvalue weighted by atomic mass is 10.1. The zero-order valence-electron chi connectivity index (χ0n) is 11.5. The standard InChI is InChI=1S/C15H23FN2O/c1-17-10-12-6-7-15(14(16)9-12)18-8-4-2-3-5-13(18)11-19/h6-7,9,13,17,19H,2-5,8,10-11H2,1H3. The molecule has 1 saturated heterocycles. The molecule has 1 aliphatic rings. The molecule has 19 heavy (non-hydrogen) atoms. The van der Waals surface area contributed by atoms with Gasteiger partial charge in [-0.15, -0.1) is 0 Å². The molecule has 1 heterocycles. The summed E-state index contributed by atoms with van der Waals surface area (Å²) in [5.41, 5.74) is 1.57. The fourth-order valence-electron chi connectivity index (χ4n) is 2.78. The summed E-state index contributed by atoms with van der Waals surface area (Å²) >= 11 is 0. The lowest BCUT2D eigenvalue weighted by Crippen LogP contribution is -2.38. The highest BCUT2D eigenvalue weighted by molar-refractivity contribution is 5.50. The van der Waals surface area contributed by atoms with E-state index in [4.69, 9.17) is 0 Å². The summed E-state index contributed by atoms with van der Waals surface area (Å²) in [7, 11) is 1.85. The Morgan fingerprint density at radius 3 is 2.89 bits per heavy atom. The number of rotatable bonds is 4. The Kier molecular flexibility index (Phi) is 5.16. The summed E-state index contributed by atoms with van der Waals surface area (Å²) in [6, 6.07) is 5.43. The number of hydrogen-bond donors (Lipinski definition) is 2. The van der Waals surface area contributed by atoms with E-state index in [-0.39, 0.29) is 18.5 Å². The van der Waals surface area contributed by atoms with E-state index in [2.05, 4.69) is 5.32 Å². The minimum absolute atomic E-state index is 0.0483. The molecule has 0 saturated carbocycles. The monoisotopic (exact) mass is 266 g/mol. The Balaban J connectivity index is 2.23. The summed E-state index contributed by atoms with van der Waals surface area (Å²) in [5, 5.41) is 12.5. The predicted octanol–water partition coefficient (Wildman–Crippen LogP) is 2.29. The van der Waals surface area contributed by atoms with Crippen molar-refractivity contribution in [1.29, 1.82) is 0 Å². The second-order valence-electron chi connectivity index (χ2n) is 5.20. The van der Waals surface area contributed by atoms with Gasteiger partial charge >= 0.3 is 0 Å². The lowest BCUT2D eigenvalue weighted by Gasteiger charge is -2.31. The van der Waals surface area contributed by atoms with Crippen LogP contribution in [0.5, 0.6) is 0 Å². The van der Waals surface area contributed by atoms with E-state index in [1.807, 2.05) is 24.1 Å². The van der Waals surface area contributed by atoms with Gasteiger partial charge in [0.25, 0.3) is 0 Å². The third kappa shape index (κ3) is 3.45. The smallest absolute Gasteiger partial charge is 0.146 e. The van der Waals surface area contributed by atoms with Crippen LogP contribution in [0.2, 0.25) is 0 Å². The molecule has 106 valence electrons. The highest BCUT2D eigenvalue weighted by atomic mass is 19.1. The van der Waals surface area contributed by atoms with E-state index >= 15 is 0 Å². The summed E-state index contributed by atoms with van der Waals surface area (Å²) in [6.07, 6.45) is 4.27. The third-order valence-corrected chi connectivity index (χ3v) is 3.79. The largest absolute Gasteiger partial charge is 0.394 e. The maximum absolute atomic E-state index is 14.2. The molecule has 1 aliphatic heterocycles. The van der Waals surface area contributed by atoms with Crippen LogP contribution >= 0.6 is 0 Å². The van der Waals surface area contributed by atoms with Gasteiger partial charge in [0.05, 0.1) is 18.3 Å². The van der Waals surface area contributed by atoms with Gasteiger partial charge in [0.2, 0.25) is 0 Å². The van der Waals surface area contributed by atoms with E-state index in [1.165, 1.54) is 0 Å². The molecular formula is C15H23FN2O. The summed E-state index contributed by atoms with van der Waals surface area (Å²) in [6.45, 7) is 1.59. The molecule has 0 bridgehead atoms. The number of nitrogens with one attached hydrogen (secondary N) is 1. The topological polar surface area (TPSA) is 35.5 Å². The van der Waals surface area contributed by atoms with E-state index in [0.29, 0.717) is 12.2 Å². The first-order valence-electron chi connectivity index (χ1n) is 7.06. The van der Waals surface area contributed by atoms with Gasteiger partial charge in [0, 0.05) is 13.1 Å². The number of aliphatic hydroxyl groups is 1. The molecule has 1 fully saturated rings. The number of benzene rings is 1. The van der Waals surface area contributed by atoms with Gasteiger partial charge < -0.3 is 15.3 Å². The van der Waals surface area contributed by atoms with E-state index in [0.717, 1.165) is 37.8 Å². The number of anilines is 1. The molecule has 1 atom stereocenters. The summed E-state index contributed by atoms with van der Waals surface area (Å²) < 4.78 is 14.2. The van der Waals surface area contributed by atoms with Gasteiger partial charge in [0.15, 0.2) is 0 Å². The highest BCUT2D eigenvalue weighted by Gasteiger charge is 2.22. The van der Waals surface area contributed by atoms with Crippen molar-refractivity contribution in [3.63, 3.8) is 0 Å². The number of halogens is 1. The Bertz CT molecular complexity index is 411. The van der Waals surface area contributed by atoms with Crippen molar-refractivity contribution in [1.82, 2.24) is 5.32 Å². The predicted molar refractivity (Wildman–Crippen MR) is 75.9 cm³/mol. The van der Waals surface area contributed by atoms with E-state index < -0.39 is 0 Å². The van der Waals surface area contributed by atoms with Crippen molar-refractivity contribution in [2.75, 3.05) is 25.1 Å². The number of hydrogen-bond acceptors (Lipinski definition) is 3.